The maximum Gasteiger partial charge on any atom is 0.253 e. The van der Waals surface area contributed by atoms with E-state index in [1.165, 1.54) is 23.3 Å². The molecule has 2 aliphatic rings. The highest BCUT2D eigenvalue weighted by molar-refractivity contribution is 5.99. The third kappa shape index (κ3) is 4.61. The second-order valence-electron chi connectivity index (χ2n) is 6.98. The van der Waals surface area contributed by atoms with Crippen LogP contribution in [-0.4, -0.2) is 42.7 Å². The van der Waals surface area contributed by atoms with Crippen LogP contribution in [-0.2, 0) is 4.79 Å². The molecule has 1 saturated carbocycles. The lowest BCUT2D eigenvalue weighted by Gasteiger charge is -2.34. The molecule has 7 nitrogen and oxygen atoms in total. The highest BCUT2D eigenvalue weighted by atomic mass is 16.1. The van der Waals surface area contributed by atoms with Crippen molar-refractivity contribution in [1.29, 1.82) is 10.8 Å². The van der Waals surface area contributed by atoms with Crippen LogP contribution in [0.2, 0.25) is 0 Å². The standard InChI is InChI=1S/C18H30N6O/c1-11-4-7-14(24(10-19)18(20)21)8-15(11)16(12(2)22-3)17(25)23-9-13-5-6-13/h10,13-14,19,22H,4-9H2,1-3H3,(H3,20,21)(H,23,25)/b16-12-,19-10?/t14-/m0/s1. The van der Waals surface area contributed by atoms with Crippen molar-refractivity contribution in [3.05, 3.63) is 22.4 Å². The molecule has 0 bridgehead atoms. The summed E-state index contributed by atoms with van der Waals surface area (Å²) in [5.74, 6) is 0.450. The minimum Gasteiger partial charge on any atom is -0.391 e. The molecule has 2 aliphatic carbocycles. The van der Waals surface area contributed by atoms with Crippen LogP contribution in [0.3, 0.4) is 0 Å². The molecule has 25 heavy (non-hydrogen) atoms. The third-order valence-electron chi connectivity index (χ3n) is 5.15. The Hall–Kier alpha value is -2.31. The van der Waals surface area contributed by atoms with Crippen molar-refractivity contribution < 1.29 is 4.79 Å². The van der Waals surface area contributed by atoms with E-state index in [-0.39, 0.29) is 17.9 Å². The first-order valence-corrected chi connectivity index (χ1v) is 8.87. The van der Waals surface area contributed by atoms with Crippen LogP contribution in [0.5, 0.6) is 0 Å². The largest absolute Gasteiger partial charge is 0.391 e. The first-order valence-electron chi connectivity index (χ1n) is 8.87. The van der Waals surface area contributed by atoms with Gasteiger partial charge in [0.25, 0.3) is 5.91 Å². The molecule has 6 N–H and O–H groups in total. The zero-order valence-electron chi connectivity index (χ0n) is 15.4. The highest BCUT2D eigenvalue weighted by Crippen LogP contribution is 2.33. The van der Waals surface area contributed by atoms with Gasteiger partial charge in [0.2, 0.25) is 0 Å². The quantitative estimate of drug-likeness (QED) is 0.274. The van der Waals surface area contributed by atoms with Crippen molar-refractivity contribution in [2.75, 3.05) is 13.6 Å². The van der Waals surface area contributed by atoms with Crippen LogP contribution >= 0.6 is 0 Å². The van der Waals surface area contributed by atoms with E-state index in [1.807, 2.05) is 14.0 Å². The summed E-state index contributed by atoms with van der Waals surface area (Å²) in [7, 11) is 1.82. The van der Waals surface area contributed by atoms with E-state index in [2.05, 4.69) is 17.6 Å². The summed E-state index contributed by atoms with van der Waals surface area (Å²) in [6.07, 6.45) is 5.74. The number of carbonyl (C=O) groups is 1. The summed E-state index contributed by atoms with van der Waals surface area (Å²) in [6.45, 7) is 4.70. The summed E-state index contributed by atoms with van der Waals surface area (Å²) in [4.78, 5) is 14.3. The van der Waals surface area contributed by atoms with E-state index in [9.17, 15) is 4.79 Å². The lowest BCUT2D eigenvalue weighted by molar-refractivity contribution is -0.117. The summed E-state index contributed by atoms with van der Waals surface area (Å²) < 4.78 is 0. The van der Waals surface area contributed by atoms with Gasteiger partial charge in [0.05, 0.1) is 11.9 Å². The second kappa shape index (κ2) is 8.18. The van der Waals surface area contributed by atoms with Gasteiger partial charge in [-0.15, -0.1) is 0 Å². The lowest BCUT2D eigenvalue weighted by atomic mass is 9.83. The van der Waals surface area contributed by atoms with Crippen LogP contribution < -0.4 is 16.4 Å². The molecule has 0 aromatic heterocycles. The molecule has 0 saturated heterocycles. The van der Waals surface area contributed by atoms with E-state index in [0.29, 0.717) is 17.9 Å². The Bertz CT molecular complexity index is 617. The maximum absolute atomic E-state index is 12.8. The van der Waals surface area contributed by atoms with Gasteiger partial charge in [0.15, 0.2) is 5.96 Å². The smallest absolute Gasteiger partial charge is 0.253 e. The molecule has 1 amide bonds. The van der Waals surface area contributed by atoms with Gasteiger partial charge in [-0.05, 0) is 57.4 Å². The van der Waals surface area contributed by atoms with Gasteiger partial charge in [-0.2, -0.15) is 0 Å². The van der Waals surface area contributed by atoms with E-state index >= 15 is 0 Å². The number of carbonyl (C=O) groups excluding carboxylic acids is 1. The molecule has 1 fully saturated rings. The molecule has 0 radical (unpaired) electrons. The van der Waals surface area contributed by atoms with Crippen molar-refractivity contribution in [1.82, 2.24) is 15.5 Å². The van der Waals surface area contributed by atoms with Crippen molar-refractivity contribution in [2.24, 2.45) is 11.7 Å². The highest BCUT2D eigenvalue weighted by Gasteiger charge is 2.30. The van der Waals surface area contributed by atoms with Gasteiger partial charge in [0.1, 0.15) is 0 Å². The van der Waals surface area contributed by atoms with Crippen LogP contribution in [0, 0.1) is 16.7 Å². The first kappa shape index (κ1) is 19.0. The van der Waals surface area contributed by atoms with Gasteiger partial charge >= 0.3 is 0 Å². The average molecular weight is 346 g/mol. The SMILES string of the molecule is CN/C(C)=C(\C(=O)NCC1CC1)C1=C(C)CC[C@H](N(C=N)C(=N)N)C1. The molecule has 0 aromatic carbocycles. The fraction of sp³-hybridized carbons (Fsp3) is 0.611. The van der Waals surface area contributed by atoms with Crippen molar-refractivity contribution in [3.63, 3.8) is 0 Å². The monoisotopic (exact) mass is 346 g/mol. The van der Waals surface area contributed by atoms with Gasteiger partial charge in [-0.25, -0.2) is 0 Å². The number of hydrogen-bond acceptors (Lipinski definition) is 4. The van der Waals surface area contributed by atoms with E-state index < -0.39 is 0 Å². The van der Waals surface area contributed by atoms with Crippen LogP contribution in [0.15, 0.2) is 22.4 Å². The Kier molecular flexibility index (Phi) is 6.22. The summed E-state index contributed by atoms with van der Waals surface area (Å²) >= 11 is 0. The Morgan fingerprint density at radius 1 is 1.40 bits per heavy atom. The molecular formula is C18H30N6O. The Morgan fingerprint density at radius 3 is 2.60 bits per heavy atom. The van der Waals surface area contributed by atoms with Gasteiger partial charge in [-0.1, -0.05) is 5.57 Å². The summed E-state index contributed by atoms with van der Waals surface area (Å²) in [5, 5.41) is 21.4. The normalized spacial score (nSPS) is 21.3. The molecule has 138 valence electrons. The van der Waals surface area contributed by atoms with Gasteiger partial charge < -0.3 is 21.3 Å². The Balaban J connectivity index is 2.26. The minimum atomic E-state index is -0.132. The number of nitrogens with one attached hydrogen (secondary N) is 4. The molecule has 0 unspecified atom stereocenters. The number of nitrogens with zero attached hydrogens (tertiary/aromatic N) is 1. The molecule has 0 aromatic rings. The van der Waals surface area contributed by atoms with Crippen LogP contribution in [0.4, 0.5) is 0 Å². The molecular weight excluding hydrogens is 316 g/mol. The fourth-order valence-corrected chi connectivity index (χ4v) is 3.28. The maximum atomic E-state index is 12.8. The minimum absolute atomic E-state index is 0.0435. The molecule has 1 atom stereocenters. The van der Waals surface area contributed by atoms with Crippen molar-refractivity contribution in [3.8, 4) is 0 Å². The zero-order valence-corrected chi connectivity index (χ0v) is 15.4. The molecule has 7 heteroatoms. The number of rotatable bonds is 7. The van der Waals surface area contributed by atoms with Crippen LogP contribution in [0.25, 0.3) is 0 Å². The van der Waals surface area contributed by atoms with Gasteiger partial charge in [-0.3, -0.25) is 15.6 Å². The average Bonchev–Trinajstić information content (AvgIpc) is 3.40. The fourth-order valence-electron chi connectivity index (χ4n) is 3.28. The third-order valence-corrected chi connectivity index (χ3v) is 5.15. The Morgan fingerprint density at radius 2 is 2.08 bits per heavy atom. The number of amides is 1. The first-order chi connectivity index (χ1) is 11.9. The summed E-state index contributed by atoms with van der Waals surface area (Å²) in [6, 6.07) is -0.0652. The second-order valence-corrected chi connectivity index (χ2v) is 6.98. The topological polar surface area (TPSA) is 118 Å². The molecule has 2 rings (SSSR count). The van der Waals surface area contributed by atoms with Crippen molar-refractivity contribution in [2.45, 2.75) is 52.0 Å². The van der Waals surface area contributed by atoms with E-state index in [4.69, 9.17) is 16.6 Å². The van der Waals surface area contributed by atoms with E-state index in [1.54, 1.807) is 0 Å². The molecule has 0 heterocycles. The number of allylic oxidation sites excluding steroid dienone is 2. The predicted octanol–water partition coefficient (Wildman–Crippen LogP) is 1.68. The molecule has 0 spiro atoms. The van der Waals surface area contributed by atoms with Crippen molar-refractivity contribution >= 4 is 18.2 Å². The van der Waals surface area contributed by atoms with Gasteiger partial charge in [0, 0.05) is 25.3 Å². The lowest BCUT2D eigenvalue weighted by Crippen LogP contribution is -2.44. The van der Waals surface area contributed by atoms with E-state index in [0.717, 1.165) is 37.0 Å². The number of hydrogen-bond donors (Lipinski definition) is 5. The number of nitrogens with two attached hydrogens (primary N) is 1. The van der Waals surface area contributed by atoms with Crippen LogP contribution in [0.1, 0.15) is 46.0 Å². The number of guanidine groups is 1. The summed E-state index contributed by atoms with van der Waals surface area (Å²) in [5.41, 5.74) is 9.33. The zero-order chi connectivity index (χ0) is 18.6. The predicted molar refractivity (Wildman–Crippen MR) is 100 cm³/mol. The Labute approximate surface area is 149 Å². The molecule has 0 aliphatic heterocycles.